The molecular formula is C12H14N2O. The quantitative estimate of drug-likeness (QED) is 0.581. The Morgan fingerprint density at radius 3 is 2.40 bits per heavy atom. The average Bonchev–Trinajstić information content (AvgIpc) is 2.76. The Morgan fingerprint density at radius 1 is 1.20 bits per heavy atom. The fourth-order valence-electron chi connectivity index (χ4n) is 0.962. The number of nitrogens with one attached hydrogen (secondary N) is 1. The predicted octanol–water partition coefficient (Wildman–Crippen LogP) is 2.81. The van der Waals surface area contributed by atoms with E-state index in [0.29, 0.717) is 5.69 Å². The summed E-state index contributed by atoms with van der Waals surface area (Å²) in [7, 11) is 0. The highest BCUT2D eigenvalue weighted by molar-refractivity contribution is 5.43. The van der Waals surface area contributed by atoms with Crippen LogP contribution in [-0.4, -0.2) is 4.98 Å². The standard InChI is InChI=1S/C8H9NO.C4H5N/c1-2-10-8-5-3-4-7(9)6-8;1-2-4-5-3-1/h2-6H,1,9H2;1-5H. The molecule has 0 aliphatic heterocycles. The fourth-order valence-corrected chi connectivity index (χ4v) is 0.962. The first-order valence-electron chi connectivity index (χ1n) is 4.54. The zero-order valence-corrected chi connectivity index (χ0v) is 8.39. The molecule has 0 unspecified atom stereocenters. The molecule has 0 saturated carbocycles. The molecule has 3 N–H and O–H groups in total. The molecule has 78 valence electrons. The number of hydrogen-bond acceptors (Lipinski definition) is 2. The molecule has 2 rings (SSSR count). The third-order valence-electron chi connectivity index (χ3n) is 1.57. The van der Waals surface area contributed by atoms with Crippen LogP contribution in [0.25, 0.3) is 0 Å². The van der Waals surface area contributed by atoms with Gasteiger partial charge >= 0.3 is 0 Å². The molecule has 0 saturated heterocycles. The van der Waals surface area contributed by atoms with E-state index < -0.39 is 0 Å². The van der Waals surface area contributed by atoms with Gasteiger partial charge in [-0.3, -0.25) is 0 Å². The van der Waals surface area contributed by atoms with Crippen molar-refractivity contribution in [3.05, 3.63) is 61.6 Å². The van der Waals surface area contributed by atoms with Gasteiger partial charge in [-0.15, -0.1) is 0 Å². The highest BCUT2D eigenvalue weighted by atomic mass is 16.5. The van der Waals surface area contributed by atoms with Gasteiger partial charge in [0, 0.05) is 24.1 Å². The third-order valence-corrected chi connectivity index (χ3v) is 1.57. The average molecular weight is 202 g/mol. The minimum Gasteiger partial charge on any atom is -0.466 e. The van der Waals surface area contributed by atoms with Gasteiger partial charge in [0.05, 0.1) is 6.26 Å². The number of anilines is 1. The summed E-state index contributed by atoms with van der Waals surface area (Å²) in [5.74, 6) is 0.718. The number of hydrogen-bond donors (Lipinski definition) is 2. The van der Waals surface area contributed by atoms with Crippen LogP contribution >= 0.6 is 0 Å². The summed E-state index contributed by atoms with van der Waals surface area (Å²) in [6.45, 7) is 3.42. The van der Waals surface area contributed by atoms with Crippen molar-refractivity contribution >= 4 is 5.69 Å². The summed E-state index contributed by atoms with van der Waals surface area (Å²) >= 11 is 0. The van der Waals surface area contributed by atoms with Gasteiger partial charge in [0.15, 0.2) is 0 Å². The molecule has 1 aromatic carbocycles. The molecule has 0 fully saturated rings. The van der Waals surface area contributed by atoms with Crippen molar-refractivity contribution in [1.29, 1.82) is 0 Å². The molecule has 0 spiro atoms. The molecule has 1 aromatic heterocycles. The zero-order valence-electron chi connectivity index (χ0n) is 8.39. The van der Waals surface area contributed by atoms with E-state index in [-0.39, 0.29) is 0 Å². The van der Waals surface area contributed by atoms with E-state index in [1.807, 2.05) is 36.7 Å². The Morgan fingerprint density at radius 2 is 1.93 bits per heavy atom. The second kappa shape index (κ2) is 6.32. The van der Waals surface area contributed by atoms with E-state index in [2.05, 4.69) is 11.6 Å². The van der Waals surface area contributed by atoms with Crippen LogP contribution in [0.2, 0.25) is 0 Å². The Bertz CT molecular complexity index is 365. The lowest BCUT2D eigenvalue weighted by molar-refractivity contribution is 0.484. The number of rotatable bonds is 2. The summed E-state index contributed by atoms with van der Waals surface area (Å²) in [4.78, 5) is 2.86. The highest BCUT2D eigenvalue weighted by Crippen LogP contribution is 2.13. The van der Waals surface area contributed by atoms with Gasteiger partial charge in [-0.1, -0.05) is 12.6 Å². The molecule has 1 heterocycles. The first-order valence-corrected chi connectivity index (χ1v) is 4.54. The molecule has 0 aliphatic rings. The molecule has 0 bridgehead atoms. The van der Waals surface area contributed by atoms with Crippen molar-refractivity contribution in [2.45, 2.75) is 0 Å². The topological polar surface area (TPSA) is 51.0 Å². The number of nitrogen functional groups attached to an aromatic ring is 1. The Kier molecular flexibility index (Phi) is 4.60. The van der Waals surface area contributed by atoms with Crippen LogP contribution in [0, 0.1) is 0 Å². The monoisotopic (exact) mass is 202 g/mol. The summed E-state index contributed by atoms with van der Waals surface area (Å²) in [6.07, 6.45) is 5.12. The Hall–Kier alpha value is -2.16. The van der Waals surface area contributed by atoms with Crippen molar-refractivity contribution in [1.82, 2.24) is 4.98 Å². The molecule has 0 aliphatic carbocycles. The van der Waals surface area contributed by atoms with Gasteiger partial charge in [0.2, 0.25) is 0 Å². The van der Waals surface area contributed by atoms with Gasteiger partial charge in [-0.2, -0.15) is 0 Å². The van der Waals surface area contributed by atoms with Crippen LogP contribution in [-0.2, 0) is 0 Å². The fraction of sp³-hybridized carbons (Fsp3) is 0. The van der Waals surface area contributed by atoms with Crippen molar-refractivity contribution < 1.29 is 4.74 Å². The first kappa shape index (κ1) is 10.9. The van der Waals surface area contributed by atoms with E-state index in [1.165, 1.54) is 6.26 Å². The lowest BCUT2D eigenvalue weighted by Gasteiger charge is -1.98. The maximum absolute atomic E-state index is 5.47. The van der Waals surface area contributed by atoms with Gasteiger partial charge in [0.25, 0.3) is 0 Å². The number of nitrogens with two attached hydrogens (primary N) is 1. The molecule has 0 atom stereocenters. The van der Waals surface area contributed by atoms with Crippen LogP contribution in [0.15, 0.2) is 61.6 Å². The minimum atomic E-state index is 0.694. The molecular weight excluding hydrogens is 188 g/mol. The van der Waals surface area contributed by atoms with E-state index in [4.69, 9.17) is 10.5 Å². The molecule has 15 heavy (non-hydrogen) atoms. The van der Waals surface area contributed by atoms with Crippen LogP contribution in [0.5, 0.6) is 5.75 Å². The van der Waals surface area contributed by atoms with Crippen LogP contribution in [0.4, 0.5) is 5.69 Å². The largest absolute Gasteiger partial charge is 0.466 e. The summed E-state index contributed by atoms with van der Waals surface area (Å²) in [5.41, 5.74) is 6.17. The lowest BCUT2D eigenvalue weighted by atomic mass is 10.3. The van der Waals surface area contributed by atoms with Gasteiger partial charge in [0.1, 0.15) is 5.75 Å². The van der Waals surface area contributed by atoms with Crippen LogP contribution < -0.4 is 10.5 Å². The van der Waals surface area contributed by atoms with Crippen molar-refractivity contribution in [2.24, 2.45) is 0 Å². The zero-order chi connectivity index (χ0) is 10.9. The van der Waals surface area contributed by atoms with Crippen LogP contribution in [0.1, 0.15) is 0 Å². The van der Waals surface area contributed by atoms with E-state index in [0.717, 1.165) is 5.75 Å². The second-order valence-electron chi connectivity index (χ2n) is 2.74. The lowest BCUT2D eigenvalue weighted by Crippen LogP contribution is -1.85. The van der Waals surface area contributed by atoms with Crippen molar-refractivity contribution in [3.63, 3.8) is 0 Å². The maximum Gasteiger partial charge on any atom is 0.128 e. The second-order valence-corrected chi connectivity index (χ2v) is 2.74. The van der Waals surface area contributed by atoms with Crippen molar-refractivity contribution in [2.75, 3.05) is 5.73 Å². The normalized spacial score (nSPS) is 8.53. The van der Waals surface area contributed by atoms with Gasteiger partial charge in [-0.25, -0.2) is 0 Å². The molecule has 2 aromatic rings. The van der Waals surface area contributed by atoms with Crippen LogP contribution in [0.3, 0.4) is 0 Å². The predicted molar refractivity (Wildman–Crippen MR) is 62.5 cm³/mol. The van der Waals surface area contributed by atoms with E-state index >= 15 is 0 Å². The Balaban J connectivity index is 0.000000187. The molecule has 0 amide bonds. The molecule has 3 nitrogen and oxygen atoms in total. The molecule has 3 heteroatoms. The summed E-state index contributed by atoms with van der Waals surface area (Å²) in [5, 5.41) is 0. The first-order chi connectivity index (χ1) is 7.33. The number of benzene rings is 1. The van der Waals surface area contributed by atoms with Gasteiger partial charge < -0.3 is 15.5 Å². The number of ether oxygens (including phenoxy) is 1. The molecule has 0 radical (unpaired) electrons. The third kappa shape index (κ3) is 4.57. The SMILES string of the molecule is C=COc1cccc(N)c1.c1cc[nH]c1. The number of aromatic nitrogens is 1. The maximum atomic E-state index is 5.47. The summed E-state index contributed by atoms with van der Waals surface area (Å²) in [6, 6.07) is 11.1. The Labute approximate surface area is 89.2 Å². The minimum absolute atomic E-state index is 0.694. The highest BCUT2D eigenvalue weighted by Gasteiger charge is 1.88. The van der Waals surface area contributed by atoms with Crippen molar-refractivity contribution in [3.8, 4) is 5.75 Å². The smallest absolute Gasteiger partial charge is 0.128 e. The summed E-state index contributed by atoms with van der Waals surface area (Å²) < 4.78 is 4.97. The van der Waals surface area contributed by atoms with E-state index in [1.54, 1.807) is 12.1 Å². The number of aromatic amines is 1. The van der Waals surface area contributed by atoms with E-state index in [9.17, 15) is 0 Å². The van der Waals surface area contributed by atoms with Gasteiger partial charge in [-0.05, 0) is 24.3 Å². The number of H-pyrrole nitrogens is 1.